The minimum atomic E-state index is -3.59. The number of anilines is 1. The molecule has 1 saturated heterocycles. The Kier molecular flexibility index (Phi) is 9.81. The summed E-state index contributed by atoms with van der Waals surface area (Å²) in [6.07, 6.45) is 2.72. The van der Waals surface area contributed by atoms with E-state index in [2.05, 4.69) is 20.8 Å². The molecular weight excluding hydrogens is 608 g/mol. The van der Waals surface area contributed by atoms with Gasteiger partial charge in [-0.2, -0.15) is 4.31 Å². The van der Waals surface area contributed by atoms with Gasteiger partial charge < -0.3 is 10.6 Å². The average Bonchev–Trinajstić information content (AvgIpc) is 3.42. The lowest BCUT2D eigenvalue weighted by molar-refractivity contribution is -0.113. The molecule has 4 aromatic rings. The molecule has 1 aromatic heterocycles. The first-order valence-electron chi connectivity index (χ1n) is 13.8. The highest BCUT2D eigenvalue weighted by Crippen LogP contribution is 2.25. The number of aryl methyl sites for hydroxylation is 1. The number of amides is 2. The number of piperidine rings is 1. The number of hydrogen-bond acceptors (Lipinski definition) is 7. The second kappa shape index (κ2) is 13.7. The average molecular weight is 639 g/mol. The summed E-state index contributed by atoms with van der Waals surface area (Å²) in [6.45, 7) is 3.00. The van der Waals surface area contributed by atoms with Gasteiger partial charge in [0.2, 0.25) is 15.9 Å². The van der Waals surface area contributed by atoms with Crippen molar-refractivity contribution in [3.63, 3.8) is 0 Å². The molecule has 13 heteroatoms. The Morgan fingerprint density at radius 2 is 1.70 bits per heavy atom. The maximum atomic E-state index is 13.0. The van der Waals surface area contributed by atoms with Crippen molar-refractivity contribution < 1.29 is 18.0 Å². The molecule has 5 rings (SSSR count). The van der Waals surface area contributed by atoms with Crippen molar-refractivity contribution in [3.8, 4) is 5.69 Å². The summed E-state index contributed by atoms with van der Waals surface area (Å²) in [6, 6.07) is 20.6. The molecule has 2 N–H and O–H groups in total. The van der Waals surface area contributed by atoms with Crippen LogP contribution in [0.5, 0.6) is 0 Å². The number of carbonyl (C=O) groups is 2. The Hall–Kier alpha value is -3.71. The van der Waals surface area contributed by atoms with Gasteiger partial charge in [-0.3, -0.25) is 14.2 Å². The van der Waals surface area contributed by atoms with E-state index in [0.717, 1.165) is 24.8 Å². The van der Waals surface area contributed by atoms with E-state index in [1.807, 2.05) is 37.3 Å². The fourth-order valence-corrected chi connectivity index (χ4v) is 7.20. The quantitative estimate of drug-likeness (QED) is 0.232. The minimum absolute atomic E-state index is 0.0300. The van der Waals surface area contributed by atoms with Crippen LogP contribution < -0.4 is 10.6 Å². The maximum absolute atomic E-state index is 13.0. The van der Waals surface area contributed by atoms with E-state index in [-0.39, 0.29) is 23.1 Å². The number of carbonyl (C=O) groups excluding carboxylic acids is 2. The van der Waals surface area contributed by atoms with Crippen LogP contribution in [0.2, 0.25) is 5.02 Å². The van der Waals surface area contributed by atoms with Crippen molar-refractivity contribution >= 4 is 50.9 Å². The first-order valence-corrected chi connectivity index (χ1v) is 16.6. The van der Waals surface area contributed by atoms with Crippen LogP contribution in [0.25, 0.3) is 5.69 Å². The monoisotopic (exact) mass is 638 g/mol. The molecule has 0 aliphatic carbocycles. The van der Waals surface area contributed by atoms with Crippen molar-refractivity contribution in [2.75, 3.05) is 24.2 Å². The van der Waals surface area contributed by atoms with Crippen LogP contribution in [-0.2, 0) is 21.4 Å². The summed E-state index contributed by atoms with van der Waals surface area (Å²) < 4.78 is 29.1. The zero-order chi connectivity index (χ0) is 30.4. The number of halogens is 1. The highest BCUT2D eigenvalue weighted by atomic mass is 35.5. The lowest BCUT2D eigenvalue weighted by atomic mass is 10.2. The summed E-state index contributed by atoms with van der Waals surface area (Å²) in [7, 11) is -3.59. The van der Waals surface area contributed by atoms with Gasteiger partial charge in [0.25, 0.3) is 5.91 Å². The molecule has 0 atom stereocenters. The number of aromatic nitrogens is 3. The molecule has 0 spiro atoms. The molecule has 3 aromatic carbocycles. The topological polar surface area (TPSA) is 126 Å². The van der Waals surface area contributed by atoms with Crippen molar-refractivity contribution in [2.24, 2.45) is 0 Å². The zero-order valence-corrected chi connectivity index (χ0v) is 25.9. The number of thioether (sulfide) groups is 1. The van der Waals surface area contributed by atoms with Gasteiger partial charge >= 0.3 is 0 Å². The smallest absolute Gasteiger partial charge is 0.251 e. The van der Waals surface area contributed by atoms with Crippen molar-refractivity contribution in [1.82, 2.24) is 24.4 Å². The zero-order valence-electron chi connectivity index (χ0n) is 23.5. The van der Waals surface area contributed by atoms with Gasteiger partial charge in [-0.25, -0.2) is 8.42 Å². The second-order valence-electron chi connectivity index (χ2n) is 10.1. The SMILES string of the molecule is Cc1cccc(NC(=O)CSc2nnc(CNC(=O)c3ccc(S(=O)(=O)N4CCCCC4)cc3)n2-c2cccc(Cl)c2)c1. The first-order chi connectivity index (χ1) is 20.7. The Balaban J connectivity index is 1.28. The van der Waals surface area contributed by atoms with Crippen molar-refractivity contribution in [2.45, 2.75) is 42.8 Å². The van der Waals surface area contributed by atoms with E-state index in [0.29, 0.717) is 46.0 Å². The van der Waals surface area contributed by atoms with E-state index in [1.54, 1.807) is 22.8 Å². The van der Waals surface area contributed by atoms with Gasteiger partial charge in [0.15, 0.2) is 11.0 Å². The van der Waals surface area contributed by atoms with Gasteiger partial charge in [-0.15, -0.1) is 10.2 Å². The number of nitrogens with one attached hydrogen (secondary N) is 2. The minimum Gasteiger partial charge on any atom is -0.345 e. The summed E-state index contributed by atoms with van der Waals surface area (Å²) in [5, 5.41) is 15.2. The number of sulfonamides is 1. The maximum Gasteiger partial charge on any atom is 0.251 e. The van der Waals surface area contributed by atoms with E-state index >= 15 is 0 Å². The molecule has 1 fully saturated rings. The van der Waals surface area contributed by atoms with Gasteiger partial charge in [0.1, 0.15) is 0 Å². The van der Waals surface area contributed by atoms with E-state index in [4.69, 9.17) is 11.6 Å². The summed E-state index contributed by atoms with van der Waals surface area (Å²) in [5.41, 5.74) is 2.74. The largest absolute Gasteiger partial charge is 0.345 e. The summed E-state index contributed by atoms with van der Waals surface area (Å²) in [5.74, 6) is -0.0706. The molecule has 10 nitrogen and oxygen atoms in total. The molecule has 0 saturated carbocycles. The van der Waals surface area contributed by atoms with Crippen LogP contribution in [-0.4, -0.2) is 58.1 Å². The lowest BCUT2D eigenvalue weighted by Crippen LogP contribution is -2.35. The van der Waals surface area contributed by atoms with Crippen LogP contribution in [0.1, 0.15) is 41.0 Å². The Morgan fingerprint density at radius 1 is 0.953 bits per heavy atom. The number of rotatable bonds is 10. The molecule has 0 unspecified atom stereocenters. The van der Waals surface area contributed by atoms with Gasteiger partial charge in [-0.1, -0.05) is 48.0 Å². The predicted molar refractivity (Wildman–Crippen MR) is 167 cm³/mol. The van der Waals surface area contributed by atoms with Crippen LogP contribution in [0, 0.1) is 6.92 Å². The highest BCUT2D eigenvalue weighted by Gasteiger charge is 2.26. The Labute approximate surface area is 259 Å². The van der Waals surface area contributed by atoms with Crippen LogP contribution >= 0.6 is 23.4 Å². The fraction of sp³-hybridized carbons (Fsp3) is 0.267. The molecular formula is C30H31ClN6O4S2. The lowest BCUT2D eigenvalue weighted by Gasteiger charge is -2.25. The third-order valence-corrected chi connectivity index (χ3v) is 9.95. The third kappa shape index (κ3) is 7.63. The van der Waals surface area contributed by atoms with Gasteiger partial charge in [-0.05, 0) is 79.9 Å². The van der Waals surface area contributed by atoms with E-state index < -0.39 is 15.9 Å². The molecule has 2 amide bonds. The molecule has 224 valence electrons. The first kappa shape index (κ1) is 30.7. The predicted octanol–water partition coefficient (Wildman–Crippen LogP) is 5.06. The van der Waals surface area contributed by atoms with Crippen LogP contribution in [0.15, 0.2) is 82.8 Å². The Morgan fingerprint density at radius 3 is 2.42 bits per heavy atom. The number of benzene rings is 3. The van der Waals surface area contributed by atoms with Crippen LogP contribution in [0.4, 0.5) is 5.69 Å². The van der Waals surface area contributed by atoms with Gasteiger partial charge in [0.05, 0.1) is 22.9 Å². The second-order valence-corrected chi connectivity index (χ2v) is 13.4. The van der Waals surface area contributed by atoms with E-state index in [1.165, 1.54) is 40.3 Å². The Bertz CT molecular complexity index is 1720. The molecule has 0 radical (unpaired) electrons. The van der Waals surface area contributed by atoms with E-state index in [9.17, 15) is 18.0 Å². The normalized spacial score (nSPS) is 13.9. The molecule has 43 heavy (non-hydrogen) atoms. The van der Waals surface area contributed by atoms with Crippen LogP contribution in [0.3, 0.4) is 0 Å². The number of nitrogens with zero attached hydrogens (tertiary/aromatic N) is 4. The van der Waals surface area contributed by atoms with Crippen molar-refractivity contribution in [3.05, 3.63) is 94.8 Å². The molecule has 1 aliphatic heterocycles. The number of hydrogen-bond donors (Lipinski definition) is 2. The standard InChI is InChI=1S/C30H31ClN6O4S2/c1-21-7-5-9-24(17-21)33-28(38)20-42-30-35-34-27(37(30)25-10-6-8-23(31)18-25)19-32-29(39)22-11-13-26(14-12-22)43(40,41)36-15-3-2-4-16-36/h5-14,17-18H,2-4,15-16,19-20H2,1H3,(H,32,39)(H,33,38). The molecule has 1 aliphatic rings. The summed E-state index contributed by atoms with van der Waals surface area (Å²) in [4.78, 5) is 25.8. The third-order valence-electron chi connectivity index (χ3n) is 6.88. The fourth-order valence-electron chi connectivity index (χ4n) is 4.73. The molecule has 2 heterocycles. The van der Waals surface area contributed by atoms with Gasteiger partial charge in [0, 0.05) is 29.4 Å². The molecule has 0 bridgehead atoms. The van der Waals surface area contributed by atoms with Crippen molar-refractivity contribution in [1.29, 1.82) is 0 Å². The summed E-state index contributed by atoms with van der Waals surface area (Å²) >= 11 is 7.47. The highest BCUT2D eigenvalue weighted by molar-refractivity contribution is 7.99.